The van der Waals surface area contributed by atoms with Gasteiger partial charge in [0.25, 0.3) is 0 Å². The molecule has 1 aromatic carbocycles. The number of aromatic nitrogens is 2. The van der Waals surface area contributed by atoms with E-state index in [2.05, 4.69) is 27.2 Å². The van der Waals surface area contributed by atoms with Crippen molar-refractivity contribution in [3.8, 4) is 0 Å². The molecule has 138 valence electrons. The molecule has 1 amide bonds. The van der Waals surface area contributed by atoms with Crippen LogP contribution in [0.15, 0.2) is 24.3 Å². The van der Waals surface area contributed by atoms with Crippen molar-refractivity contribution in [1.82, 2.24) is 31.0 Å². The van der Waals surface area contributed by atoms with Gasteiger partial charge in [-0.25, -0.2) is 10.4 Å². The molecule has 0 saturated carbocycles. The summed E-state index contributed by atoms with van der Waals surface area (Å²) in [5.74, 6) is 2.07. The van der Waals surface area contributed by atoms with E-state index in [-0.39, 0.29) is 11.9 Å². The van der Waals surface area contributed by atoms with Gasteiger partial charge in [0, 0.05) is 37.5 Å². The molecule has 0 bridgehead atoms. The van der Waals surface area contributed by atoms with Gasteiger partial charge in [-0.3, -0.25) is 10.2 Å². The number of nitrogens with one attached hydrogen (secondary N) is 4. The van der Waals surface area contributed by atoms with Crippen molar-refractivity contribution in [1.29, 1.82) is 0 Å². The molecule has 5 rings (SSSR count). The van der Waals surface area contributed by atoms with Gasteiger partial charge < -0.3 is 15.2 Å². The van der Waals surface area contributed by atoms with Crippen molar-refractivity contribution in [3.05, 3.63) is 30.1 Å². The number of aromatic amines is 1. The monoisotopic (exact) mass is 354 g/mol. The third kappa shape index (κ3) is 2.80. The zero-order valence-corrected chi connectivity index (χ0v) is 14.9. The molecule has 0 aliphatic carbocycles. The van der Waals surface area contributed by atoms with Crippen LogP contribution in [0.25, 0.3) is 11.0 Å². The summed E-state index contributed by atoms with van der Waals surface area (Å²) in [6, 6.07) is 8.47. The van der Waals surface area contributed by atoms with Gasteiger partial charge in [-0.05, 0) is 37.9 Å². The average molecular weight is 354 g/mol. The predicted molar refractivity (Wildman–Crippen MR) is 99.5 cm³/mol. The lowest BCUT2D eigenvalue weighted by atomic mass is 9.88. The van der Waals surface area contributed by atoms with Crippen LogP contribution in [-0.2, 0) is 4.79 Å². The largest absolute Gasteiger partial charge is 0.342 e. The Morgan fingerprint density at radius 3 is 2.81 bits per heavy atom. The van der Waals surface area contributed by atoms with Crippen molar-refractivity contribution in [2.45, 2.75) is 37.3 Å². The molecule has 2 aromatic rings. The standard InChI is InChI=1S/C19H26N6O/c26-19(17-13-11-20-8-5-14(13)23-24-17)25-9-6-12(7-10-25)18-21-15-3-1-2-4-16(15)22-18/h1-4,12-14,17,20,23-24H,5-11H2,(H,21,22). The first-order chi connectivity index (χ1) is 12.8. The van der Waals surface area contributed by atoms with Crippen molar-refractivity contribution >= 4 is 16.9 Å². The first kappa shape index (κ1) is 16.2. The number of carbonyl (C=O) groups is 1. The number of rotatable bonds is 2. The highest BCUT2D eigenvalue weighted by Crippen LogP contribution is 2.29. The second kappa shape index (κ2) is 6.64. The van der Waals surface area contributed by atoms with Gasteiger partial charge in [-0.15, -0.1) is 0 Å². The molecule has 3 atom stereocenters. The van der Waals surface area contributed by atoms with Crippen LogP contribution in [0.3, 0.4) is 0 Å². The Morgan fingerprint density at radius 1 is 1.12 bits per heavy atom. The third-order valence-corrected chi connectivity index (χ3v) is 6.25. The highest BCUT2D eigenvalue weighted by molar-refractivity contribution is 5.83. The Kier molecular flexibility index (Phi) is 4.15. The molecule has 1 aromatic heterocycles. The number of para-hydroxylation sites is 2. The van der Waals surface area contributed by atoms with Crippen LogP contribution in [0.4, 0.5) is 0 Å². The highest BCUT2D eigenvalue weighted by atomic mass is 16.2. The van der Waals surface area contributed by atoms with Crippen LogP contribution >= 0.6 is 0 Å². The van der Waals surface area contributed by atoms with Crippen LogP contribution in [0.1, 0.15) is 31.0 Å². The van der Waals surface area contributed by atoms with Crippen LogP contribution in [0.5, 0.6) is 0 Å². The fourth-order valence-corrected chi connectivity index (χ4v) is 4.70. The first-order valence-corrected chi connectivity index (χ1v) is 9.75. The summed E-state index contributed by atoms with van der Waals surface area (Å²) in [6.45, 7) is 3.56. The van der Waals surface area contributed by atoms with Crippen LogP contribution in [0.2, 0.25) is 0 Å². The Morgan fingerprint density at radius 2 is 1.96 bits per heavy atom. The summed E-state index contributed by atoms with van der Waals surface area (Å²) < 4.78 is 0. The van der Waals surface area contributed by atoms with Crippen molar-refractivity contribution < 1.29 is 4.79 Å². The molecule has 7 nitrogen and oxygen atoms in total. The lowest BCUT2D eigenvalue weighted by Gasteiger charge is -2.35. The number of hydrogen-bond acceptors (Lipinski definition) is 5. The Balaban J connectivity index is 1.23. The molecule has 3 aliphatic heterocycles. The van der Waals surface area contributed by atoms with Gasteiger partial charge in [0.2, 0.25) is 5.91 Å². The minimum atomic E-state index is -0.101. The zero-order valence-electron chi connectivity index (χ0n) is 14.9. The first-order valence-electron chi connectivity index (χ1n) is 9.75. The maximum Gasteiger partial charge on any atom is 0.241 e. The Labute approximate surface area is 152 Å². The van der Waals surface area contributed by atoms with E-state index in [1.54, 1.807) is 0 Å². The lowest BCUT2D eigenvalue weighted by Crippen LogP contribution is -2.52. The summed E-state index contributed by atoms with van der Waals surface area (Å²) in [7, 11) is 0. The average Bonchev–Trinajstić information content (AvgIpc) is 3.32. The van der Waals surface area contributed by atoms with Gasteiger partial charge in [-0.2, -0.15) is 0 Å². The van der Waals surface area contributed by atoms with E-state index in [0.717, 1.165) is 62.3 Å². The fourth-order valence-electron chi connectivity index (χ4n) is 4.70. The van der Waals surface area contributed by atoms with Gasteiger partial charge in [0.1, 0.15) is 11.9 Å². The molecule has 3 unspecified atom stereocenters. The van der Waals surface area contributed by atoms with E-state index < -0.39 is 0 Å². The van der Waals surface area contributed by atoms with Crippen LogP contribution < -0.4 is 16.2 Å². The van der Waals surface area contributed by atoms with E-state index in [1.165, 1.54) is 0 Å². The highest BCUT2D eigenvalue weighted by Gasteiger charge is 2.43. The van der Waals surface area contributed by atoms with Gasteiger partial charge in [0.05, 0.1) is 11.0 Å². The topological polar surface area (TPSA) is 85.1 Å². The molecule has 3 saturated heterocycles. The van der Waals surface area contributed by atoms with E-state index >= 15 is 0 Å². The maximum absolute atomic E-state index is 13.0. The molecule has 3 fully saturated rings. The molecule has 0 radical (unpaired) electrons. The van der Waals surface area contributed by atoms with Crippen molar-refractivity contribution in [2.75, 3.05) is 26.2 Å². The number of piperidine rings is 2. The SMILES string of the molecule is O=C(C1NNC2CCNCC21)N1CCC(c2nc3ccccc3[nH]2)CC1. The second-order valence-electron chi connectivity index (χ2n) is 7.77. The Bertz CT molecular complexity index is 763. The predicted octanol–water partition coefficient (Wildman–Crippen LogP) is 0.723. The fraction of sp³-hybridized carbons (Fsp3) is 0.579. The van der Waals surface area contributed by atoms with Gasteiger partial charge in [-0.1, -0.05) is 12.1 Å². The smallest absolute Gasteiger partial charge is 0.241 e. The lowest BCUT2D eigenvalue weighted by molar-refractivity contribution is -0.135. The number of H-pyrrole nitrogens is 1. The number of imidazole rings is 1. The number of nitrogens with zero attached hydrogens (tertiary/aromatic N) is 2. The summed E-state index contributed by atoms with van der Waals surface area (Å²) in [5, 5.41) is 3.42. The van der Waals surface area contributed by atoms with Gasteiger partial charge in [0.15, 0.2) is 0 Å². The minimum absolute atomic E-state index is 0.101. The maximum atomic E-state index is 13.0. The molecule has 26 heavy (non-hydrogen) atoms. The molecule has 3 aliphatic rings. The molecule has 4 heterocycles. The quantitative estimate of drug-likeness (QED) is 0.639. The number of benzene rings is 1. The molecule has 7 heteroatoms. The number of amides is 1. The second-order valence-corrected chi connectivity index (χ2v) is 7.77. The van der Waals surface area contributed by atoms with Gasteiger partial charge >= 0.3 is 0 Å². The number of likely N-dealkylation sites (tertiary alicyclic amines) is 1. The number of hydrazine groups is 1. The summed E-state index contributed by atoms with van der Waals surface area (Å²) in [4.78, 5) is 23.3. The minimum Gasteiger partial charge on any atom is -0.342 e. The summed E-state index contributed by atoms with van der Waals surface area (Å²) in [6.07, 6.45) is 3.02. The number of carbonyl (C=O) groups excluding carboxylic acids is 1. The third-order valence-electron chi connectivity index (χ3n) is 6.25. The molecular formula is C19H26N6O. The number of hydrogen-bond donors (Lipinski definition) is 4. The van der Waals surface area contributed by atoms with Crippen LogP contribution in [0, 0.1) is 5.92 Å². The van der Waals surface area contributed by atoms with Crippen molar-refractivity contribution in [2.24, 2.45) is 5.92 Å². The van der Waals surface area contributed by atoms with E-state index in [1.807, 2.05) is 23.1 Å². The molecule has 0 spiro atoms. The normalized spacial score (nSPS) is 29.8. The van der Waals surface area contributed by atoms with Crippen LogP contribution in [-0.4, -0.2) is 59.0 Å². The Hall–Kier alpha value is -1.96. The summed E-state index contributed by atoms with van der Waals surface area (Å²) >= 11 is 0. The molecule has 4 N–H and O–H groups in total. The van der Waals surface area contributed by atoms with E-state index in [9.17, 15) is 4.79 Å². The van der Waals surface area contributed by atoms with E-state index in [4.69, 9.17) is 4.98 Å². The van der Waals surface area contributed by atoms with Crippen molar-refractivity contribution in [3.63, 3.8) is 0 Å². The summed E-state index contributed by atoms with van der Waals surface area (Å²) in [5.41, 5.74) is 8.70. The van der Waals surface area contributed by atoms with E-state index in [0.29, 0.717) is 17.9 Å². The molecular weight excluding hydrogens is 328 g/mol. The zero-order chi connectivity index (χ0) is 17.5. The number of fused-ring (bicyclic) bond motifs is 2.